The van der Waals surface area contributed by atoms with Crippen LogP contribution in [0.1, 0.15) is 0 Å². The van der Waals surface area contributed by atoms with Crippen molar-refractivity contribution in [1.29, 1.82) is 0 Å². The maximum Gasteiger partial charge on any atom is 1.00 e. The number of halogens is 3. The minimum atomic E-state index is -4.91. The Labute approximate surface area is 128 Å². The summed E-state index contributed by atoms with van der Waals surface area (Å²) in [5.41, 5.74) is -0.566. The van der Waals surface area contributed by atoms with Crippen molar-refractivity contribution >= 4 is 23.2 Å². The van der Waals surface area contributed by atoms with Gasteiger partial charge in [0.15, 0.2) is 0 Å². The second-order valence-corrected chi connectivity index (χ2v) is 3.06. The Morgan fingerprint density at radius 3 is 2.40 bits per heavy atom. The van der Waals surface area contributed by atoms with Crippen molar-refractivity contribution in [3.8, 4) is 0 Å². The number of hydrogen-bond donors (Lipinski definition) is 0. The van der Waals surface area contributed by atoms with Gasteiger partial charge in [0, 0.05) is 12.4 Å². The summed E-state index contributed by atoms with van der Waals surface area (Å²) < 4.78 is 37.1. The first-order valence-corrected chi connectivity index (χ1v) is 4.11. The summed E-state index contributed by atoms with van der Waals surface area (Å²) in [5, 5.41) is 1.29. The molecule has 0 aliphatic heterocycles. The number of rotatable bonds is 1. The van der Waals surface area contributed by atoms with Gasteiger partial charge in [0.05, 0.1) is 0 Å². The topological polar surface area (TPSA) is 12.9 Å². The Kier molecular flexibility index (Phi) is 4.37. The summed E-state index contributed by atoms with van der Waals surface area (Å²) >= 11 is 0. The zero-order valence-corrected chi connectivity index (χ0v) is 11.2. The average molecular weight is 235 g/mol. The van der Waals surface area contributed by atoms with E-state index in [-0.39, 0.29) is 51.4 Å². The molecular weight excluding hydrogens is 229 g/mol. The van der Waals surface area contributed by atoms with Gasteiger partial charge in [-0.3, -0.25) is 4.98 Å². The van der Waals surface area contributed by atoms with Gasteiger partial charge in [-0.25, -0.2) is 0 Å². The molecule has 1 aromatic heterocycles. The molecule has 2 rings (SSSR count). The number of benzene rings is 1. The maximum atomic E-state index is 12.4. The van der Waals surface area contributed by atoms with Crippen molar-refractivity contribution in [3.63, 3.8) is 0 Å². The molecule has 0 aliphatic rings. The Morgan fingerprint density at radius 2 is 1.73 bits per heavy atom. The average Bonchev–Trinajstić information content (AvgIpc) is 2.16. The molecule has 6 heteroatoms. The van der Waals surface area contributed by atoms with Gasteiger partial charge in [-0.15, -0.1) is 5.46 Å². The zero-order valence-electron chi connectivity index (χ0n) is 8.12. The first kappa shape index (κ1) is 13.2. The molecule has 0 fully saturated rings. The smallest absolute Gasteiger partial charge is 0.445 e. The quantitative estimate of drug-likeness (QED) is 0.595. The molecule has 1 nitrogen and oxygen atoms in total. The molecule has 1 aromatic carbocycles. The van der Waals surface area contributed by atoms with E-state index in [9.17, 15) is 12.9 Å². The second kappa shape index (κ2) is 4.97. The Hall–Kier alpha value is 0.121. The van der Waals surface area contributed by atoms with Crippen LogP contribution in [0.15, 0.2) is 36.7 Å². The molecule has 0 saturated carbocycles. The second-order valence-electron chi connectivity index (χ2n) is 3.06. The van der Waals surface area contributed by atoms with Crippen LogP contribution in [-0.4, -0.2) is 12.0 Å². The van der Waals surface area contributed by atoms with E-state index in [4.69, 9.17) is 0 Å². The minimum Gasteiger partial charge on any atom is -0.445 e. The fourth-order valence-corrected chi connectivity index (χ4v) is 1.31. The van der Waals surface area contributed by atoms with Crippen molar-refractivity contribution in [1.82, 2.24) is 4.98 Å². The zero-order chi connectivity index (χ0) is 10.2. The van der Waals surface area contributed by atoms with Crippen LogP contribution in [0, 0.1) is 0 Å². The van der Waals surface area contributed by atoms with E-state index in [1.807, 2.05) is 0 Å². The van der Waals surface area contributed by atoms with E-state index >= 15 is 0 Å². The van der Waals surface area contributed by atoms with Crippen molar-refractivity contribution in [3.05, 3.63) is 36.7 Å². The normalized spacial score (nSPS) is 11.1. The molecule has 0 N–H and O–H groups in total. The van der Waals surface area contributed by atoms with Gasteiger partial charge in [0.25, 0.3) is 0 Å². The Bertz CT molecular complexity index is 472. The van der Waals surface area contributed by atoms with E-state index < -0.39 is 12.4 Å². The molecule has 15 heavy (non-hydrogen) atoms. The SMILES string of the molecule is F[B-](F)(F)c1ccc2cnccc2c1.[K+]. The van der Waals surface area contributed by atoms with E-state index in [1.165, 1.54) is 12.3 Å². The summed E-state index contributed by atoms with van der Waals surface area (Å²) in [7, 11) is 0. The molecule has 2 aromatic rings. The molecule has 0 amide bonds. The third-order valence-corrected chi connectivity index (χ3v) is 2.04. The van der Waals surface area contributed by atoms with Gasteiger partial charge in [0.1, 0.15) is 0 Å². The third kappa shape index (κ3) is 3.04. The summed E-state index contributed by atoms with van der Waals surface area (Å²) in [4.78, 5) is 3.83. The van der Waals surface area contributed by atoms with Gasteiger partial charge in [-0.05, 0) is 16.8 Å². The molecule has 0 radical (unpaired) electrons. The maximum absolute atomic E-state index is 12.4. The predicted octanol–water partition coefficient (Wildman–Crippen LogP) is -0.707. The Balaban J connectivity index is 0.00000112. The standard InChI is InChI=1S/C9H6BF3N.K/c11-10(12,13)9-2-1-8-6-14-4-3-7(8)5-9;/h1-6H;/q-1;+1. The number of pyridine rings is 1. The summed E-state index contributed by atoms with van der Waals surface area (Å²) in [6, 6.07) is 5.24. The molecule has 72 valence electrons. The largest absolute Gasteiger partial charge is 1.00 e. The van der Waals surface area contributed by atoms with Crippen LogP contribution >= 0.6 is 0 Å². The Morgan fingerprint density at radius 1 is 1.00 bits per heavy atom. The van der Waals surface area contributed by atoms with Crippen LogP contribution in [0.5, 0.6) is 0 Å². The molecule has 0 bridgehead atoms. The fourth-order valence-electron chi connectivity index (χ4n) is 1.31. The molecular formula is C9H6BF3KN. The fraction of sp³-hybridized carbons (Fsp3) is 0. The molecule has 1 heterocycles. The van der Waals surface area contributed by atoms with Gasteiger partial charge in [0.2, 0.25) is 0 Å². The molecule has 0 saturated heterocycles. The summed E-state index contributed by atoms with van der Waals surface area (Å²) in [5.74, 6) is 0. The monoisotopic (exact) mass is 235 g/mol. The number of nitrogens with zero attached hydrogens (tertiary/aromatic N) is 1. The van der Waals surface area contributed by atoms with Crippen molar-refractivity contribution < 1.29 is 64.3 Å². The third-order valence-electron chi connectivity index (χ3n) is 2.04. The van der Waals surface area contributed by atoms with Crippen LogP contribution in [0.25, 0.3) is 10.8 Å². The predicted molar refractivity (Wildman–Crippen MR) is 50.5 cm³/mol. The van der Waals surface area contributed by atoms with Gasteiger partial charge >= 0.3 is 58.4 Å². The van der Waals surface area contributed by atoms with Crippen molar-refractivity contribution in [2.45, 2.75) is 0 Å². The number of fused-ring (bicyclic) bond motifs is 1. The van der Waals surface area contributed by atoms with E-state index in [0.717, 1.165) is 17.5 Å². The minimum absolute atomic E-state index is 0. The van der Waals surface area contributed by atoms with Gasteiger partial charge < -0.3 is 12.9 Å². The first-order chi connectivity index (χ1) is 6.57. The van der Waals surface area contributed by atoms with Crippen molar-refractivity contribution in [2.75, 3.05) is 0 Å². The van der Waals surface area contributed by atoms with Crippen LogP contribution < -0.4 is 56.8 Å². The van der Waals surface area contributed by atoms with Crippen LogP contribution in [0.3, 0.4) is 0 Å². The molecule has 0 spiro atoms. The number of hydrogen-bond acceptors (Lipinski definition) is 1. The van der Waals surface area contributed by atoms with Crippen molar-refractivity contribution in [2.24, 2.45) is 0 Å². The number of aromatic nitrogens is 1. The molecule has 0 unspecified atom stereocenters. The van der Waals surface area contributed by atoms with Crippen LogP contribution in [-0.2, 0) is 0 Å². The first-order valence-electron chi connectivity index (χ1n) is 4.11. The summed E-state index contributed by atoms with van der Waals surface area (Å²) in [6.07, 6.45) is 3.03. The van der Waals surface area contributed by atoms with Gasteiger partial charge in [-0.2, -0.15) is 0 Å². The molecule has 0 atom stereocenters. The van der Waals surface area contributed by atoms with Gasteiger partial charge in [-0.1, -0.05) is 18.2 Å². The van der Waals surface area contributed by atoms with E-state index in [2.05, 4.69) is 4.98 Å². The van der Waals surface area contributed by atoms with E-state index in [0.29, 0.717) is 5.39 Å². The van der Waals surface area contributed by atoms with E-state index in [1.54, 1.807) is 12.3 Å². The van der Waals surface area contributed by atoms with Crippen LogP contribution in [0.2, 0.25) is 0 Å². The summed E-state index contributed by atoms with van der Waals surface area (Å²) in [6.45, 7) is -4.91. The van der Waals surface area contributed by atoms with Crippen LogP contribution in [0.4, 0.5) is 12.9 Å². The molecule has 0 aliphatic carbocycles.